The Morgan fingerprint density at radius 2 is 0.879 bits per heavy atom. The summed E-state index contributed by atoms with van der Waals surface area (Å²) in [7, 11) is 0. The zero-order valence-corrected chi connectivity index (χ0v) is 30.2. The van der Waals surface area contributed by atoms with E-state index in [1.54, 1.807) is 18.2 Å². The van der Waals surface area contributed by atoms with Crippen LogP contribution < -0.4 is 4.90 Å². The summed E-state index contributed by atoms with van der Waals surface area (Å²) in [4.78, 5) is 16.1. The summed E-state index contributed by atoms with van der Waals surface area (Å²) in [5.41, 5.74) is 0.200. The predicted molar refractivity (Wildman–Crippen MR) is 239 cm³/mol. The van der Waals surface area contributed by atoms with Crippen LogP contribution in [0.3, 0.4) is 0 Å². The van der Waals surface area contributed by atoms with Crippen LogP contribution in [0, 0.1) is 0 Å². The van der Waals surface area contributed by atoms with Crippen molar-refractivity contribution in [3.8, 4) is 45.3 Å². The molecular formula is C53H34N4O. The number of fused-ring (bicyclic) bond motifs is 5. The highest BCUT2D eigenvalue weighted by Crippen LogP contribution is 2.42. The molecule has 272 valence electrons. The zero-order chi connectivity index (χ0) is 50.6. The molecule has 0 radical (unpaired) electrons. The highest BCUT2D eigenvalue weighted by Gasteiger charge is 2.21. The minimum Gasteiger partial charge on any atom is -0.456 e. The standard InChI is InChI=1S/C53H34N4O/c1-3-19-39(20-4-1)57(40-21-5-2-6-22-40)41-31-29-35(30-32-41)38-33-47(50-46-25-11-12-28-48(46)58-49(50)34-38)53-55-51(44-26-13-17-36-15-7-9-23-42(36)44)54-52(56-53)45-27-14-18-37-16-8-10-24-43(37)45/h1-34H/i1D,2D,3D,4D,5D,6D,19D,20D,21D,22D,29D,30D,31D,32D. The number of para-hydroxylation sites is 3. The molecule has 0 saturated carbocycles. The lowest BCUT2D eigenvalue weighted by Gasteiger charge is -2.25. The molecule has 0 aliphatic heterocycles. The molecule has 58 heavy (non-hydrogen) atoms. The van der Waals surface area contributed by atoms with Gasteiger partial charge in [0.1, 0.15) is 11.2 Å². The van der Waals surface area contributed by atoms with Gasteiger partial charge in [-0.1, -0.05) is 151 Å². The zero-order valence-electron chi connectivity index (χ0n) is 44.2. The number of benzene rings is 9. The van der Waals surface area contributed by atoms with Gasteiger partial charge in [0.15, 0.2) is 17.5 Å². The Bertz CT molecular complexity index is 3880. The van der Waals surface area contributed by atoms with Crippen LogP contribution in [0.4, 0.5) is 17.1 Å². The highest BCUT2D eigenvalue weighted by atomic mass is 16.3. The SMILES string of the molecule is [2H]c1c([2H])c([2H])c(N(c2c([2H])c([2H])c([2H])c([2H])c2[2H])c2c([2H])c([2H])c(-c3cc(-c4nc(-c5cccc6ccccc56)nc(-c5cccc6ccccc56)n4)c4c(c3)oc3ccccc34)c([2H])c2[2H])c([2H])c1[2H]. The molecule has 2 heterocycles. The van der Waals surface area contributed by atoms with Crippen molar-refractivity contribution < 1.29 is 23.6 Å². The quantitative estimate of drug-likeness (QED) is 0.162. The van der Waals surface area contributed by atoms with Gasteiger partial charge in [0.25, 0.3) is 0 Å². The lowest BCUT2D eigenvalue weighted by molar-refractivity contribution is 0.669. The van der Waals surface area contributed by atoms with Gasteiger partial charge in [-0.25, -0.2) is 15.0 Å². The van der Waals surface area contributed by atoms with Crippen LogP contribution in [0.1, 0.15) is 19.2 Å². The van der Waals surface area contributed by atoms with Crippen LogP contribution in [0.5, 0.6) is 0 Å². The molecule has 0 fully saturated rings. The molecule has 11 rings (SSSR count). The summed E-state index contributed by atoms with van der Waals surface area (Å²) in [6.07, 6.45) is 0. The Kier molecular flexibility index (Phi) is 5.31. The Morgan fingerprint density at radius 3 is 1.47 bits per heavy atom. The fourth-order valence-electron chi connectivity index (χ4n) is 7.36. The van der Waals surface area contributed by atoms with Gasteiger partial charge in [0, 0.05) is 44.5 Å². The fourth-order valence-corrected chi connectivity index (χ4v) is 7.36. The summed E-state index contributed by atoms with van der Waals surface area (Å²) in [5, 5.41) is 4.96. The van der Waals surface area contributed by atoms with E-state index in [1.165, 1.54) is 0 Å². The lowest BCUT2D eigenvalue weighted by Crippen LogP contribution is -2.09. The van der Waals surface area contributed by atoms with Crippen LogP contribution in [-0.4, -0.2) is 15.0 Å². The Morgan fingerprint density at radius 1 is 0.397 bits per heavy atom. The largest absolute Gasteiger partial charge is 0.456 e. The van der Waals surface area contributed by atoms with Crippen molar-refractivity contribution in [3.63, 3.8) is 0 Å². The van der Waals surface area contributed by atoms with E-state index in [2.05, 4.69) is 0 Å². The maximum Gasteiger partial charge on any atom is 0.164 e. The van der Waals surface area contributed by atoms with Gasteiger partial charge in [-0.15, -0.1) is 0 Å². The molecule has 0 spiro atoms. The molecule has 0 aliphatic carbocycles. The fraction of sp³-hybridized carbons (Fsp3) is 0. The number of anilines is 3. The summed E-state index contributed by atoms with van der Waals surface area (Å²) >= 11 is 0. The maximum atomic E-state index is 9.63. The smallest absolute Gasteiger partial charge is 0.164 e. The number of hydrogen-bond acceptors (Lipinski definition) is 5. The summed E-state index contributed by atoms with van der Waals surface area (Å²) < 4.78 is 131. The molecule has 0 saturated heterocycles. The van der Waals surface area contributed by atoms with Crippen LogP contribution in [0.2, 0.25) is 0 Å². The lowest BCUT2D eigenvalue weighted by atomic mass is 9.97. The van der Waals surface area contributed by atoms with Crippen LogP contribution in [-0.2, 0) is 0 Å². The third-order valence-electron chi connectivity index (χ3n) is 9.96. The van der Waals surface area contributed by atoms with Gasteiger partial charge in [0.2, 0.25) is 0 Å². The number of aromatic nitrogens is 3. The van der Waals surface area contributed by atoms with Gasteiger partial charge >= 0.3 is 0 Å². The second kappa shape index (κ2) is 14.0. The van der Waals surface area contributed by atoms with Crippen molar-refractivity contribution in [3.05, 3.63) is 206 Å². The first kappa shape index (κ1) is 22.0. The predicted octanol–water partition coefficient (Wildman–Crippen LogP) is 14.2. The molecule has 2 aromatic heterocycles. The molecule has 5 nitrogen and oxygen atoms in total. The van der Waals surface area contributed by atoms with Crippen molar-refractivity contribution in [2.45, 2.75) is 0 Å². The van der Waals surface area contributed by atoms with Gasteiger partial charge in [-0.05, 0) is 87.1 Å². The Balaban J connectivity index is 1.21. The normalized spacial score (nSPS) is 14.8. The average Bonchev–Trinajstić information content (AvgIpc) is 3.78. The molecular weight excluding hydrogens is 709 g/mol. The molecule has 11 aromatic rings. The van der Waals surface area contributed by atoms with Gasteiger partial charge in [-0.2, -0.15) is 0 Å². The second-order valence-electron chi connectivity index (χ2n) is 13.4. The minimum absolute atomic E-state index is 0.121. The van der Waals surface area contributed by atoms with E-state index in [1.807, 2.05) is 103 Å². The summed E-state index contributed by atoms with van der Waals surface area (Å²) in [6.45, 7) is 0. The molecule has 0 atom stereocenters. The van der Waals surface area contributed by atoms with E-state index in [4.69, 9.17) is 33.1 Å². The second-order valence-corrected chi connectivity index (χ2v) is 13.4. The van der Waals surface area contributed by atoms with Crippen molar-refractivity contribution >= 4 is 60.5 Å². The number of hydrogen-bond donors (Lipinski definition) is 0. The first-order valence-electron chi connectivity index (χ1n) is 25.3. The van der Waals surface area contributed by atoms with Gasteiger partial charge in [-0.3, -0.25) is 0 Å². The molecule has 0 unspecified atom stereocenters. The van der Waals surface area contributed by atoms with E-state index >= 15 is 0 Å². The first-order valence-corrected chi connectivity index (χ1v) is 18.3. The third kappa shape index (κ3) is 5.85. The molecule has 9 aromatic carbocycles. The van der Waals surface area contributed by atoms with Crippen LogP contribution >= 0.6 is 0 Å². The van der Waals surface area contributed by atoms with Crippen LogP contribution in [0.15, 0.2) is 210 Å². The van der Waals surface area contributed by atoms with Crippen molar-refractivity contribution in [1.82, 2.24) is 15.0 Å². The number of furan rings is 1. The van der Waals surface area contributed by atoms with E-state index in [-0.39, 0.29) is 22.5 Å². The third-order valence-corrected chi connectivity index (χ3v) is 9.96. The van der Waals surface area contributed by atoms with Gasteiger partial charge in [0.05, 0.1) is 19.2 Å². The van der Waals surface area contributed by atoms with Crippen molar-refractivity contribution in [2.75, 3.05) is 4.90 Å². The average molecular weight is 757 g/mol. The van der Waals surface area contributed by atoms with E-state index < -0.39 is 102 Å². The number of rotatable bonds is 7. The topological polar surface area (TPSA) is 55.1 Å². The van der Waals surface area contributed by atoms with Crippen molar-refractivity contribution in [2.24, 2.45) is 0 Å². The highest BCUT2D eigenvalue weighted by molar-refractivity contribution is 6.13. The molecule has 0 aliphatic rings. The van der Waals surface area contributed by atoms with E-state index in [0.717, 1.165) is 32.7 Å². The Hall–Kier alpha value is -7.89. The first-order chi connectivity index (χ1) is 34.6. The minimum atomic E-state index is -0.892. The van der Waals surface area contributed by atoms with E-state index in [0.29, 0.717) is 38.5 Å². The monoisotopic (exact) mass is 756 g/mol. The molecule has 0 amide bonds. The van der Waals surface area contributed by atoms with Crippen molar-refractivity contribution in [1.29, 1.82) is 0 Å². The molecule has 0 bridgehead atoms. The summed E-state index contributed by atoms with van der Waals surface area (Å²) in [5.74, 6) is 0.884. The Labute approximate surface area is 354 Å². The van der Waals surface area contributed by atoms with Gasteiger partial charge < -0.3 is 9.32 Å². The molecule has 0 N–H and O–H groups in total. The molecule has 5 heteroatoms. The maximum absolute atomic E-state index is 9.63. The number of nitrogens with zero attached hydrogens (tertiary/aromatic N) is 4. The summed E-state index contributed by atoms with van der Waals surface area (Å²) in [6, 6.07) is 26.3. The van der Waals surface area contributed by atoms with Crippen LogP contribution in [0.25, 0.3) is 88.8 Å². The van der Waals surface area contributed by atoms with E-state index in [9.17, 15) is 5.48 Å².